The lowest BCUT2D eigenvalue weighted by atomic mass is 10.1. The quantitative estimate of drug-likeness (QED) is 0.469. The van der Waals surface area contributed by atoms with Crippen molar-refractivity contribution >= 4 is 23.3 Å². The molecule has 0 fully saturated rings. The van der Waals surface area contributed by atoms with Crippen LogP contribution in [-0.4, -0.2) is 17.5 Å². The zero-order valence-corrected chi connectivity index (χ0v) is 13.8. The molecule has 24 heavy (non-hydrogen) atoms. The van der Waals surface area contributed by atoms with Gasteiger partial charge in [0.2, 0.25) is 0 Å². The van der Waals surface area contributed by atoms with Crippen molar-refractivity contribution in [1.29, 1.82) is 0 Å². The average Bonchev–Trinajstić information content (AvgIpc) is 2.57. The molecule has 1 N–H and O–H groups in total. The van der Waals surface area contributed by atoms with Crippen molar-refractivity contribution in [3.8, 4) is 0 Å². The second-order valence-corrected chi connectivity index (χ2v) is 5.38. The first-order valence-corrected chi connectivity index (χ1v) is 7.79. The van der Waals surface area contributed by atoms with Gasteiger partial charge in [-0.1, -0.05) is 48.0 Å². The maximum atomic E-state index is 12.2. The van der Waals surface area contributed by atoms with Crippen molar-refractivity contribution in [1.82, 2.24) is 5.32 Å². The number of nitro groups is 1. The number of nitrogens with zero attached hydrogens (tertiary/aromatic N) is 1. The van der Waals surface area contributed by atoms with Gasteiger partial charge >= 0.3 is 5.97 Å². The van der Waals surface area contributed by atoms with E-state index in [0.717, 1.165) is 0 Å². The highest BCUT2D eigenvalue weighted by atomic mass is 35.5. The third-order valence-corrected chi connectivity index (χ3v) is 3.78. The largest absolute Gasteiger partial charge is 0.465 e. The second kappa shape index (κ2) is 8.42. The molecule has 6 nitrogen and oxygen atoms in total. The Morgan fingerprint density at radius 2 is 1.96 bits per heavy atom. The van der Waals surface area contributed by atoms with Crippen molar-refractivity contribution in [2.75, 3.05) is 6.61 Å². The number of hydrogen-bond acceptors (Lipinski definition) is 5. The zero-order chi connectivity index (χ0) is 17.5. The lowest BCUT2D eigenvalue weighted by Gasteiger charge is -2.18. The van der Waals surface area contributed by atoms with Gasteiger partial charge in [-0.25, -0.2) is 4.79 Å². The van der Waals surface area contributed by atoms with Crippen molar-refractivity contribution < 1.29 is 14.5 Å². The second-order valence-electron chi connectivity index (χ2n) is 4.97. The van der Waals surface area contributed by atoms with Crippen molar-refractivity contribution in [2.45, 2.75) is 19.5 Å². The van der Waals surface area contributed by atoms with Crippen LogP contribution >= 0.6 is 11.6 Å². The van der Waals surface area contributed by atoms with E-state index >= 15 is 0 Å². The fourth-order valence-corrected chi connectivity index (χ4v) is 2.54. The van der Waals surface area contributed by atoms with E-state index in [1.54, 1.807) is 37.3 Å². The van der Waals surface area contributed by atoms with E-state index in [2.05, 4.69) is 5.32 Å². The molecule has 2 aromatic carbocycles. The summed E-state index contributed by atoms with van der Waals surface area (Å²) in [6.45, 7) is 2.03. The van der Waals surface area contributed by atoms with E-state index in [1.165, 1.54) is 12.1 Å². The summed E-state index contributed by atoms with van der Waals surface area (Å²) in [7, 11) is 0. The van der Waals surface area contributed by atoms with E-state index in [0.29, 0.717) is 11.1 Å². The van der Waals surface area contributed by atoms with Gasteiger partial charge in [0.15, 0.2) is 0 Å². The molecule has 0 aromatic heterocycles. The average molecular weight is 349 g/mol. The first kappa shape index (κ1) is 17.9. The van der Waals surface area contributed by atoms with E-state index in [9.17, 15) is 14.9 Å². The molecule has 7 heteroatoms. The number of halogens is 1. The molecule has 0 aliphatic heterocycles. The molecule has 0 saturated carbocycles. The summed E-state index contributed by atoms with van der Waals surface area (Å²) in [6.07, 6.45) is 0. The van der Waals surface area contributed by atoms with Crippen molar-refractivity contribution in [2.24, 2.45) is 0 Å². The number of benzene rings is 2. The van der Waals surface area contributed by atoms with Gasteiger partial charge in [-0.05, 0) is 18.6 Å². The van der Waals surface area contributed by atoms with Crippen LogP contribution < -0.4 is 5.32 Å². The molecule has 0 heterocycles. The summed E-state index contributed by atoms with van der Waals surface area (Å²) in [6, 6.07) is 12.8. The van der Waals surface area contributed by atoms with E-state index in [4.69, 9.17) is 16.3 Å². The van der Waals surface area contributed by atoms with E-state index in [1.807, 2.05) is 6.07 Å². The van der Waals surface area contributed by atoms with Crippen LogP contribution in [0, 0.1) is 10.1 Å². The van der Waals surface area contributed by atoms with Gasteiger partial charge in [0, 0.05) is 12.6 Å². The van der Waals surface area contributed by atoms with Crippen LogP contribution in [0.1, 0.15) is 24.1 Å². The van der Waals surface area contributed by atoms with Gasteiger partial charge in [-0.3, -0.25) is 15.4 Å². The Morgan fingerprint density at radius 3 is 2.58 bits per heavy atom. The van der Waals surface area contributed by atoms with Gasteiger partial charge in [-0.2, -0.15) is 0 Å². The van der Waals surface area contributed by atoms with Gasteiger partial charge < -0.3 is 4.74 Å². The minimum atomic E-state index is -0.734. The lowest BCUT2D eigenvalue weighted by Crippen LogP contribution is -2.30. The number of rotatable bonds is 7. The summed E-state index contributed by atoms with van der Waals surface area (Å²) >= 11 is 6.08. The Morgan fingerprint density at radius 1 is 1.25 bits per heavy atom. The van der Waals surface area contributed by atoms with Crippen LogP contribution in [-0.2, 0) is 16.1 Å². The number of hydrogen-bond donors (Lipinski definition) is 1. The predicted molar refractivity (Wildman–Crippen MR) is 90.8 cm³/mol. The molecule has 126 valence electrons. The number of ether oxygens (including phenoxy) is 1. The molecule has 2 aromatic rings. The maximum Gasteiger partial charge on any atom is 0.327 e. The number of nitrogens with one attached hydrogen (secondary N) is 1. The summed E-state index contributed by atoms with van der Waals surface area (Å²) in [5.41, 5.74) is 0.950. The standard InChI is InChI=1S/C17H17ClN2O4/c1-2-24-17(21)16(12-7-4-3-5-8-12)19-11-13-14(18)9-6-10-15(13)20(22)23/h3-10,16,19H,2,11H2,1H3/t16-/m0/s1. The molecule has 0 amide bonds. The smallest absolute Gasteiger partial charge is 0.327 e. The summed E-state index contributed by atoms with van der Waals surface area (Å²) < 4.78 is 5.09. The zero-order valence-electron chi connectivity index (χ0n) is 13.1. The molecule has 0 radical (unpaired) electrons. The summed E-state index contributed by atoms with van der Waals surface area (Å²) in [5, 5.41) is 14.4. The molecule has 1 atom stereocenters. The third-order valence-electron chi connectivity index (χ3n) is 3.43. The molecule has 2 rings (SSSR count). The minimum Gasteiger partial charge on any atom is -0.465 e. The van der Waals surface area contributed by atoms with Gasteiger partial charge in [0.25, 0.3) is 5.69 Å². The Balaban J connectivity index is 2.26. The number of nitro benzene ring substituents is 1. The highest BCUT2D eigenvalue weighted by molar-refractivity contribution is 6.31. The van der Waals surface area contributed by atoms with E-state index < -0.39 is 16.9 Å². The van der Waals surface area contributed by atoms with Crippen molar-refractivity contribution in [3.63, 3.8) is 0 Å². The normalized spacial score (nSPS) is 11.8. The fraction of sp³-hybridized carbons (Fsp3) is 0.235. The molecular weight excluding hydrogens is 332 g/mol. The van der Waals surface area contributed by atoms with Crippen LogP contribution in [0.2, 0.25) is 5.02 Å². The molecule has 0 aliphatic carbocycles. The van der Waals surface area contributed by atoms with Gasteiger partial charge in [0.05, 0.1) is 22.1 Å². The molecule has 0 unspecified atom stereocenters. The van der Waals surface area contributed by atoms with Crippen LogP contribution in [0.15, 0.2) is 48.5 Å². The van der Waals surface area contributed by atoms with Crippen LogP contribution in [0.3, 0.4) is 0 Å². The van der Waals surface area contributed by atoms with Gasteiger partial charge in [-0.15, -0.1) is 0 Å². The summed E-state index contributed by atoms with van der Waals surface area (Å²) in [5.74, 6) is -0.446. The lowest BCUT2D eigenvalue weighted by molar-refractivity contribution is -0.385. The van der Waals surface area contributed by atoms with Crippen LogP contribution in [0.5, 0.6) is 0 Å². The van der Waals surface area contributed by atoms with Crippen LogP contribution in [0.25, 0.3) is 0 Å². The van der Waals surface area contributed by atoms with Gasteiger partial charge in [0.1, 0.15) is 6.04 Å². The van der Waals surface area contributed by atoms with Crippen molar-refractivity contribution in [3.05, 3.63) is 74.8 Å². The maximum absolute atomic E-state index is 12.2. The highest BCUT2D eigenvalue weighted by Crippen LogP contribution is 2.27. The predicted octanol–water partition coefficient (Wildman–Crippen LogP) is 3.64. The molecular formula is C17H17ClN2O4. The SMILES string of the molecule is CCOC(=O)[C@@H](NCc1c(Cl)cccc1[N+](=O)[O-])c1ccccc1. The summed E-state index contributed by atoms with van der Waals surface area (Å²) in [4.78, 5) is 22.9. The van der Waals surface area contributed by atoms with Crippen LogP contribution in [0.4, 0.5) is 5.69 Å². The Bertz CT molecular complexity index is 722. The highest BCUT2D eigenvalue weighted by Gasteiger charge is 2.24. The third kappa shape index (κ3) is 4.31. The number of carbonyl (C=O) groups excluding carboxylic acids is 1. The molecule has 0 bridgehead atoms. The Labute approximate surface area is 144 Å². The Hall–Kier alpha value is -2.44. The molecule has 0 saturated heterocycles. The minimum absolute atomic E-state index is 0.0639. The molecule has 0 spiro atoms. The first-order valence-electron chi connectivity index (χ1n) is 7.41. The number of esters is 1. The van der Waals surface area contributed by atoms with E-state index in [-0.39, 0.29) is 23.9 Å². The Kier molecular flexibility index (Phi) is 6.28. The molecule has 0 aliphatic rings. The number of carbonyl (C=O) groups is 1. The monoisotopic (exact) mass is 348 g/mol. The topological polar surface area (TPSA) is 81.5 Å². The first-order chi connectivity index (χ1) is 11.5. The fourth-order valence-electron chi connectivity index (χ4n) is 2.31.